The minimum Gasteiger partial charge on any atom is -0.338 e. The van der Waals surface area contributed by atoms with Gasteiger partial charge in [-0.25, -0.2) is 4.68 Å². The van der Waals surface area contributed by atoms with Crippen molar-refractivity contribution in [3.8, 4) is 0 Å². The lowest BCUT2D eigenvalue weighted by atomic mass is 9.97. The maximum absolute atomic E-state index is 12.5. The van der Waals surface area contributed by atoms with Gasteiger partial charge in [0.2, 0.25) is 11.8 Å². The summed E-state index contributed by atoms with van der Waals surface area (Å²) < 4.78 is 1.08. The van der Waals surface area contributed by atoms with Gasteiger partial charge in [-0.1, -0.05) is 24.8 Å². The van der Waals surface area contributed by atoms with Crippen molar-refractivity contribution in [2.75, 3.05) is 13.1 Å². The van der Waals surface area contributed by atoms with Crippen LogP contribution in [0.25, 0.3) is 10.8 Å². The summed E-state index contributed by atoms with van der Waals surface area (Å²) in [4.78, 5) is 50.4. The van der Waals surface area contributed by atoms with Gasteiger partial charge in [0.15, 0.2) is 5.69 Å². The predicted octanol–water partition coefficient (Wildman–Crippen LogP) is 0.119. The lowest BCUT2D eigenvalue weighted by Crippen LogP contribution is -2.50. The number of benzene rings is 1. The molecule has 0 radical (unpaired) electrons. The van der Waals surface area contributed by atoms with Crippen LogP contribution >= 0.6 is 0 Å². The van der Waals surface area contributed by atoms with E-state index in [1.54, 1.807) is 29.2 Å². The number of hydrogen-bond acceptors (Lipinski definition) is 5. The summed E-state index contributed by atoms with van der Waals surface area (Å²) in [6.45, 7) is 4.31. The molecule has 3 rings (SSSR count). The Balaban J connectivity index is 1.71. The second-order valence-corrected chi connectivity index (χ2v) is 6.59. The first-order chi connectivity index (χ1) is 13.4. The Morgan fingerprint density at radius 3 is 2.64 bits per heavy atom. The molecule has 1 unspecified atom stereocenters. The normalized spacial score (nSPS) is 16.5. The molecule has 1 fully saturated rings. The smallest absolute Gasteiger partial charge is 0.290 e. The Morgan fingerprint density at radius 1 is 1.21 bits per heavy atom. The number of carbonyl (C=O) groups excluding carboxylic acids is 3. The molecule has 0 spiro atoms. The fourth-order valence-electron chi connectivity index (χ4n) is 3.27. The molecule has 28 heavy (non-hydrogen) atoms. The molecule has 0 bridgehead atoms. The lowest BCUT2D eigenvalue weighted by Gasteiger charge is -2.31. The molecular formula is C19H21N5O4. The monoisotopic (exact) mass is 383 g/mol. The van der Waals surface area contributed by atoms with Crippen LogP contribution in [0.15, 0.2) is 41.7 Å². The number of hydrazine groups is 1. The van der Waals surface area contributed by atoms with Crippen LogP contribution in [0.5, 0.6) is 0 Å². The molecule has 3 amide bonds. The molecule has 1 saturated heterocycles. The van der Waals surface area contributed by atoms with Gasteiger partial charge < -0.3 is 4.90 Å². The zero-order valence-corrected chi connectivity index (χ0v) is 15.5. The summed E-state index contributed by atoms with van der Waals surface area (Å²) in [6, 6.07) is 6.64. The van der Waals surface area contributed by atoms with Gasteiger partial charge in [0, 0.05) is 25.5 Å². The molecule has 9 nitrogen and oxygen atoms in total. The summed E-state index contributed by atoms with van der Waals surface area (Å²) in [5.74, 6) is -1.66. The van der Waals surface area contributed by atoms with Gasteiger partial charge in [-0.2, -0.15) is 5.10 Å². The molecule has 1 atom stereocenters. The maximum Gasteiger partial charge on any atom is 0.290 e. The predicted molar refractivity (Wildman–Crippen MR) is 102 cm³/mol. The van der Waals surface area contributed by atoms with Gasteiger partial charge in [-0.3, -0.25) is 30.0 Å². The molecule has 2 N–H and O–H groups in total. The van der Waals surface area contributed by atoms with Crippen LogP contribution in [-0.2, 0) is 16.6 Å². The highest BCUT2D eigenvalue weighted by Crippen LogP contribution is 2.17. The summed E-state index contributed by atoms with van der Waals surface area (Å²) >= 11 is 0. The summed E-state index contributed by atoms with van der Waals surface area (Å²) in [6.07, 6.45) is 2.53. The van der Waals surface area contributed by atoms with Gasteiger partial charge in [0.05, 0.1) is 11.3 Å². The third-order valence-corrected chi connectivity index (χ3v) is 4.75. The molecule has 0 saturated carbocycles. The quantitative estimate of drug-likeness (QED) is 0.577. The highest BCUT2D eigenvalue weighted by Gasteiger charge is 2.28. The third-order valence-electron chi connectivity index (χ3n) is 4.75. The minimum absolute atomic E-state index is 0.0325. The van der Waals surface area contributed by atoms with Crippen LogP contribution in [-0.4, -0.2) is 45.5 Å². The molecule has 1 aliphatic rings. The largest absolute Gasteiger partial charge is 0.338 e. The summed E-state index contributed by atoms with van der Waals surface area (Å²) in [7, 11) is 1.46. The van der Waals surface area contributed by atoms with Gasteiger partial charge >= 0.3 is 0 Å². The van der Waals surface area contributed by atoms with Crippen molar-refractivity contribution in [2.24, 2.45) is 13.0 Å². The maximum atomic E-state index is 12.5. The molecule has 0 aliphatic carbocycles. The standard InChI is InChI=1S/C19H21N5O4/c1-3-15(25)24-10-6-7-12(11-24)17(26)20-21-18(27)16-13-8-4-5-9-14(13)19(28)23(2)22-16/h3-5,8-9,12H,1,6-7,10-11H2,2H3,(H,20,26)(H,21,27). The van der Waals surface area contributed by atoms with Crippen LogP contribution in [0, 0.1) is 5.92 Å². The highest BCUT2D eigenvalue weighted by atomic mass is 16.2. The Kier molecular flexibility index (Phi) is 5.53. The van der Waals surface area contributed by atoms with Crippen molar-refractivity contribution in [1.82, 2.24) is 25.5 Å². The van der Waals surface area contributed by atoms with E-state index in [9.17, 15) is 19.2 Å². The van der Waals surface area contributed by atoms with Crippen molar-refractivity contribution in [3.05, 3.63) is 53.0 Å². The number of nitrogens with one attached hydrogen (secondary N) is 2. The van der Waals surface area contributed by atoms with Crippen LogP contribution in [0.2, 0.25) is 0 Å². The number of fused-ring (bicyclic) bond motifs is 1. The van der Waals surface area contributed by atoms with E-state index in [-0.39, 0.29) is 29.6 Å². The van der Waals surface area contributed by atoms with E-state index >= 15 is 0 Å². The number of piperidine rings is 1. The lowest BCUT2D eigenvalue weighted by molar-refractivity contribution is -0.132. The number of hydrogen-bond donors (Lipinski definition) is 2. The van der Waals surface area contributed by atoms with Gasteiger partial charge in [-0.15, -0.1) is 0 Å². The Labute approximate surface area is 161 Å². The van der Waals surface area contributed by atoms with E-state index in [4.69, 9.17) is 0 Å². The second-order valence-electron chi connectivity index (χ2n) is 6.59. The topological polar surface area (TPSA) is 113 Å². The van der Waals surface area contributed by atoms with Crippen LogP contribution in [0.4, 0.5) is 0 Å². The molecule has 2 aromatic rings. The average molecular weight is 383 g/mol. The molecule has 1 aliphatic heterocycles. The number of likely N-dealkylation sites (tertiary alicyclic amines) is 1. The van der Waals surface area contributed by atoms with E-state index in [1.807, 2.05) is 0 Å². The number of carbonyl (C=O) groups is 3. The molecule has 146 valence electrons. The molecule has 2 heterocycles. The van der Waals surface area contributed by atoms with E-state index in [0.29, 0.717) is 30.2 Å². The second kappa shape index (κ2) is 8.03. The zero-order chi connectivity index (χ0) is 20.3. The zero-order valence-electron chi connectivity index (χ0n) is 15.5. The first-order valence-electron chi connectivity index (χ1n) is 8.90. The van der Waals surface area contributed by atoms with Crippen molar-refractivity contribution in [2.45, 2.75) is 12.8 Å². The minimum atomic E-state index is -0.630. The van der Waals surface area contributed by atoms with Crippen LogP contribution < -0.4 is 16.4 Å². The number of amides is 3. The number of nitrogens with zero attached hydrogens (tertiary/aromatic N) is 3. The fourth-order valence-corrected chi connectivity index (χ4v) is 3.27. The Hall–Kier alpha value is -3.49. The van der Waals surface area contributed by atoms with Gasteiger partial charge in [-0.05, 0) is 25.0 Å². The number of aromatic nitrogens is 2. The number of aryl methyl sites for hydroxylation is 1. The van der Waals surface area contributed by atoms with E-state index < -0.39 is 11.8 Å². The molecule has 1 aromatic carbocycles. The summed E-state index contributed by atoms with van der Waals surface area (Å²) in [5.41, 5.74) is 4.47. The van der Waals surface area contributed by atoms with Gasteiger partial charge in [0.25, 0.3) is 11.5 Å². The van der Waals surface area contributed by atoms with E-state index in [2.05, 4.69) is 22.5 Å². The first-order valence-corrected chi connectivity index (χ1v) is 8.90. The van der Waals surface area contributed by atoms with E-state index in [1.165, 1.54) is 13.1 Å². The number of rotatable bonds is 3. The van der Waals surface area contributed by atoms with Crippen LogP contribution in [0.1, 0.15) is 23.3 Å². The van der Waals surface area contributed by atoms with Crippen LogP contribution in [0.3, 0.4) is 0 Å². The SMILES string of the molecule is C=CC(=O)N1CCCC(C(=O)NNC(=O)c2nn(C)c(=O)c3ccccc23)C1. The molecule has 1 aromatic heterocycles. The fraction of sp³-hybridized carbons (Fsp3) is 0.316. The van der Waals surface area contributed by atoms with Gasteiger partial charge in [0.1, 0.15) is 0 Å². The molecule has 9 heteroatoms. The summed E-state index contributed by atoms with van der Waals surface area (Å²) in [5, 5.41) is 4.78. The van der Waals surface area contributed by atoms with Crippen molar-refractivity contribution in [3.63, 3.8) is 0 Å². The Morgan fingerprint density at radius 2 is 1.93 bits per heavy atom. The first kappa shape index (κ1) is 19.3. The Bertz CT molecular complexity index is 1010. The van der Waals surface area contributed by atoms with Crippen molar-refractivity contribution < 1.29 is 14.4 Å². The van der Waals surface area contributed by atoms with Crippen molar-refractivity contribution in [1.29, 1.82) is 0 Å². The average Bonchev–Trinajstić information content (AvgIpc) is 2.73. The van der Waals surface area contributed by atoms with E-state index in [0.717, 1.165) is 4.68 Å². The highest BCUT2D eigenvalue weighted by molar-refractivity contribution is 6.05. The van der Waals surface area contributed by atoms with Crippen molar-refractivity contribution >= 4 is 28.5 Å². The molecular weight excluding hydrogens is 362 g/mol. The third kappa shape index (κ3) is 3.78.